The van der Waals surface area contributed by atoms with Gasteiger partial charge in [-0.2, -0.15) is 11.3 Å². The second-order valence-corrected chi connectivity index (χ2v) is 5.84. The van der Waals surface area contributed by atoms with Crippen molar-refractivity contribution in [1.29, 1.82) is 0 Å². The highest BCUT2D eigenvalue weighted by Crippen LogP contribution is 2.31. The van der Waals surface area contributed by atoms with Crippen molar-refractivity contribution in [2.45, 2.75) is 25.5 Å². The average molecular weight is 289 g/mol. The second kappa shape index (κ2) is 6.29. The van der Waals surface area contributed by atoms with Crippen LogP contribution in [0.1, 0.15) is 24.2 Å². The first-order chi connectivity index (χ1) is 9.83. The minimum atomic E-state index is 0.520. The van der Waals surface area contributed by atoms with E-state index in [0.29, 0.717) is 19.3 Å². The monoisotopic (exact) mass is 289 g/mol. The Hall–Kier alpha value is -1.52. The third kappa shape index (κ3) is 3.52. The van der Waals surface area contributed by atoms with E-state index in [-0.39, 0.29) is 0 Å². The maximum atomic E-state index is 5.78. The molecular formula is C16H19NO2S. The molecule has 0 aromatic carbocycles. The van der Waals surface area contributed by atoms with Crippen molar-refractivity contribution in [2.75, 3.05) is 18.6 Å². The van der Waals surface area contributed by atoms with Crippen LogP contribution in [0, 0.1) is 0 Å². The van der Waals surface area contributed by atoms with Gasteiger partial charge in [0, 0.05) is 19.2 Å². The van der Waals surface area contributed by atoms with Crippen LogP contribution in [0.2, 0.25) is 0 Å². The molecule has 0 aliphatic heterocycles. The molecule has 0 atom stereocenters. The van der Waals surface area contributed by atoms with E-state index in [0.717, 1.165) is 11.6 Å². The largest absolute Gasteiger partial charge is 0.443 e. The fourth-order valence-electron chi connectivity index (χ4n) is 2.06. The third-order valence-corrected chi connectivity index (χ3v) is 4.10. The van der Waals surface area contributed by atoms with Gasteiger partial charge in [-0.15, -0.1) is 0 Å². The van der Waals surface area contributed by atoms with E-state index >= 15 is 0 Å². The van der Waals surface area contributed by atoms with Crippen LogP contribution in [0.4, 0.5) is 5.88 Å². The molecule has 0 radical (unpaired) electrons. The molecule has 2 aromatic heterocycles. The Morgan fingerprint density at radius 2 is 2.30 bits per heavy atom. The van der Waals surface area contributed by atoms with Crippen molar-refractivity contribution in [3.05, 3.63) is 46.4 Å². The van der Waals surface area contributed by atoms with Crippen LogP contribution in [0.15, 0.2) is 39.5 Å². The summed E-state index contributed by atoms with van der Waals surface area (Å²) >= 11 is 1.70. The lowest BCUT2D eigenvalue weighted by Crippen LogP contribution is -2.18. The maximum Gasteiger partial charge on any atom is 0.195 e. The molecule has 0 N–H and O–H groups in total. The van der Waals surface area contributed by atoms with Crippen molar-refractivity contribution in [1.82, 2.24) is 0 Å². The minimum absolute atomic E-state index is 0.520. The van der Waals surface area contributed by atoms with Crippen LogP contribution >= 0.6 is 11.3 Å². The first-order valence-corrected chi connectivity index (χ1v) is 7.85. The zero-order valence-corrected chi connectivity index (χ0v) is 12.4. The Bertz CT molecular complexity index is 555. The minimum Gasteiger partial charge on any atom is -0.443 e. The summed E-state index contributed by atoms with van der Waals surface area (Å²) < 4.78 is 11.4. The van der Waals surface area contributed by atoms with Crippen LogP contribution in [0.5, 0.6) is 0 Å². The van der Waals surface area contributed by atoms with E-state index in [2.05, 4.69) is 34.9 Å². The van der Waals surface area contributed by atoms with E-state index in [4.69, 9.17) is 9.15 Å². The van der Waals surface area contributed by atoms with Gasteiger partial charge in [0.1, 0.15) is 12.4 Å². The molecule has 1 aliphatic rings. The zero-order chi connectivity index (χ0) is 13.8. The molecule has 2 aromatic rings. The van der Waals surface area contributed by atoms with Gasteiger partial charge in [-0.1, -0.05) is 12.2 Å². The summed E-state index contributed by atoms with van der Waals surface area (Å²) in [4.78, 5) is 2.21. The normalized spacial score (nSPS) is 15.1. The topological polar surface area (TPSA) is 25.6 Å². The number of anilines is 1. The lowest BCUT2D eigenvalue weighted by atomic mass is 10.3. The number of rotatable bonds is 7. The van der Waals surface area contributed by atoms with Gasteiger partial charge in [0.25, 0.3) is 0 Å². The molecule has 1 fully saturated rings. The van der Waals surface area contributed by atoms with Gasteiger partial charge in [-0.25, -0.2) is 0 Å². The molecule has 106 valence electrons. The van der Waals surface area contributed by atoms with Crippen molar-refractivity contribution in [2.24, 2.45) is 0 Å². The van der Waals surface area contributed by atoms with Gasteiger partial charge in [0.05, 0.1) is 6.61 Å². The van der Waals surface area contributed by atoms with Gasteiger partial charge in [0.2, 0.25) is 0 Å². The molecule has 1 saturated carbocycles. The highest BCUT2D eigenvalue weighted by molar-refractivity contribution is 7.08. The van der Waals surface area contributed by atoms with Gasteiger partial charge in [-0.05, 0) is 41.3 Å². The third-order valence-electron chi connectivity index (χ3n) is 3.40. The second-order valence-electron chi connectivity index (χ2n) is 5.06. The Morgan fingerprint density at radius 1 is 1.40 bits per heavy atom. The smallest absolute Gasteiger partial charge is 0.195 e. The highest BCUT2D eigenvalue weighted by Gasteiger charge is 2.27. The number of ether oxygens (including phenoxy) is 1. The van der Waals surface area contributed by atoms with Crippen LogP contribution in [-0.2, 0) is 11.3 Å². The molecule has 0 spiro atoms. The number of furan rings is 1. The Kier molecular flexibility index (Phi) is 4.23. The average Bonchev–Trinajstić information content (AvgIpc) is 2.98. The number of hydrogen-bond acceptors (Lipinski definition) is 4. The molecule has 0 bridgehead atoms. The molecule has 20 heavy (non-hydrogen) atoms. The molecule has 0 unspecified atom stereocenters. The Balaban J connectivity index is 1.42. The first-order valence-electron chi connectivity index (χ1n) is 6.91. The fourth-order valence-corrected chi connectivity index (χ4v) is 2.69. The van der Waals surface area contributed by atoms with Crippen molar-refractivity contribution in [3.8, 4) is 0 Å². The number of hydrogen-bond donors (Lipinski definition) is 0. The standard InChI is InChI=1S/C16H19NO2S/c1-17(14-4-5-14)16-7-6-15(19-16)11-18-9-2-3-13-8-10-20-12-13/h2-3,6-8,10,12,14H,4-5,9,11H2,1H3. The van der Waals surface area contributed by atoms with Gasteiger partial charge in [0.15, 0.2) is 5.88 Å². The predicted octanol–water partition coefficient (Wildman–Crippen LogP) is 4.17. The molecule has 3 rings (SSSR count). The lowest BCUT2D eigenvalue weighted by Gasteiger charge is -2.14. The number of thiophene rings is 1. The van der Waals surface area contributed by atoms with Crippen LogP contribution in [0.25, 0.3) is 6.08 Å². The Morgan fingerprint density at radius 3 is 3.05 bits per heavy atom. The van der Waals surface area contributed by atoms with Crippen LogP contribution in [-0.4, -0.2) is 19.7 Å². The van der Waals surface area contributed by atoms with Crippen LogP contribution < -0.4 is 4.90 Å². The number of nitrogens with zero attached hydrogens (tertiary/aromatic N) is 1. The van der Waals surface area contributed by atoms with Gasteiger partial charge >= 0.3 is 0 Å². The summed E-state index contributed by atoms with van der Waals surface area (Å²) in [6.07, 6.45) is 6.65. The van der Waals surface area contributed by atoms with E-state index in [1.54, 1.807) is 11.3 Å². The summed E-state index contributed by atoms with van der Waals surface area (Å²) in [5, 5.41) is 4.18. The van der Waals surface area contributed by atoms with E-state index in [9.17, 15) is 0 Å². The van der Waals surface area contributed by atoms with Crippen molar-refractivity contribution in [3.63, 3.8) is 0 Å². The first kappa shape index (κ1) is 13.5. The zero-order valence-electron chi connectivity index (χ0n) is 11.6. The summed E-state index contributed by atoms with van der Waals surface area (Å²) in [5.41, 5.74) is 1.23. The van der Waals surface area contributed by atoms with E-state index in [1.807, 2.05) is 18.2 Å². The molecule has 3 nitrogen and oxygen atoms in total. The summed E-state index contributed by atoms with van der Waals surface area (Å²) in [6, 6.07) is 6.78. The van der Waals surface area contributed by atoms with E-state index in [1.165, 1.54) is 18.4 Å². The van der Waals surface area contributed by atoms with Gasteiger partial charge in [-0.3, -0.25) is 0 Å². The fraction of sp³-hybridized carbons (Fsp3) is 0.375. The molecular weight excluding hydrogens is 270 g/mol. The van der Waals surface area contributed by atoms with E-state index < -0.39 is 0 Å². The Labute approximate surface area is 123 Å². The maximum absolute atomic E-state index is 5.78. The summed E-state index contributed by atoms with van der Waals surface area (Å²) in [6.45, 7) is 1.12. The predicted molar refractivity (Wildman–Crippen MR) is 83.1 cm³/mol. The molecule has 2 heterocycles. The molecule has 0 saturated heterocycles. The SMILES string of the molecule is CN(c1ccc(COCC=Cc2ccsc2)o1)C1CC1. The quantitative estimate of drug-likeness (QED) is 0.715. The van der Waals surface area contributed by atoms with Gasteiger partial charge < -0.3 is 14.1 Å². The van der Waals surface area contributed by atoms with Crippen molar-refractivity contribution < 1.29 is 9.15 Å². The summed E-state index contributed by atoms with van der Waals surface area (Å²) in [7, 11) is 2.09. The van der Waals surface area contributed by atoms with Crippen LogP contribution in [0.3, 0.4) is 0 Å². The highest BCUT2D eigenvalue weighted by atomic mass is 32.1. The summed E-state index contributed by atoms with van der Waals surface area (Å²) in [5.74, 6) is 1.83. The van der Waals surface area contributed by atoms with Crippen molar-refractivity contribution >= 4 is 23.3 Å². The molecule has 4 heteroatoms. The lowest BCUT2D eigenvalue weighted by molar-refractivity contribution is 0.132. The molecule has 0 amide bonds. The molecule has 1 aliphatic carbocycles.